The van der Waals surface area contributed by atoms with Crippen molar-refractivity contribution < 1.29 is 0 Å². The highest BCUT2D eigenvalue weighted by Crippen LogP contribution is 2.18. The van der Waals surface area contributed by atoms with Crippen molar-refractivity contribution in [2.45, 2.75) is 33.1 Å². The minimum atomic E-state index is 1.07. The predicted molar refractivity (Wildman–Crippen MR) is 89.9 cm³/mol. The molecule has 0 bridgehead atoms. The third-order valence-electron chi connectivity index (χ3n) is 3.38. The molecular formula is C19H19Br. The van der Waals surface area contributed by atoms with Gasteiger partial charge in [-0.05, 0) is 55.2 Å². The van der Waals surface area contributed by atoms with Gasteiger partial charge in [-0.1, -0.05) is 59.3 Å². The molecule has 0 N–H and O–H groups in total. The second-order valence-electron chi connectivity index (χ2n) is 4.96. The molecule has 0 heterocycles. The molecule has 0 aliphatic rings. The first-order valence-corrected chi connectivity index (χ1v) is 7.86. The molecule has 2 aromatic rings. The minimum Gasteiger partial charge on any atom is -0.0654 e. The van der Waals surface area contributed by atoms with Crippen LogP contribution in [0.4, 0.5) is 0 Å². The zero-order chi connectivity index (χ0) is 14.4. The summed E-state index contributed by atoms with van der Waals surface area (Å²) in [5.41, 5.74) is 4.75. The average Bonchev–Trinajstić information content (AvgIpc) is 2.48. The molecule has 20 heavy (non-hydrogen) atoms. The molecule has 0 aliphatic heterocycles. The summed E-state index contributed by atoms with van der Waals surface area (Å²) in [6, 6.07) is 14.7. The van der Waals surface area contributed by atoms with Crippen molar-refractivity contribution in [1.29, 1.82) is 0 Å². The van der Waals surface area contributed by atoms with Crippen molar-refractivity contribution in [2.75, 3.05) is 0 Å². The van der Waals surface area contributed by atoms with Gasteiger partial charge in [0.25, 0.3) is 0 Å². The summed E-state index contributed by atoms with van der Waals surface area (Å²) in [6.07, 6.45) is 3.65. The Hall–Kier alpha value is -1.52. The lowest BCUT2D eigenvalue weighted by atomic mass is 10.1. The summed E-state index contributed by atoms with van der Waals surface area (Å²) >= 11 is 3.54. The lowest BCUT2D eigenvalue weighted by Crippen LogP contribution is -1.85. The lowest BCUT2D eigenvalue weighted by Gasteiger charge is -2.01. The van der Waals surface area contributed by atoms with E-state index in [4.69, 9.17) is 0 Å². The molecule has 0 fully saturated rings. The topological polar surface area (TPSA) is 0 Å². The Kier molecular flexibility index (Phi) is 5.44. The zero-order valence-corrected chi connectivity index (χ0v) is 13.6. The quantitative estimate of drug-likeness (QED) is 0.653. The summed E-state index contributed by atoms with van der Waals surface area (Å²) in [5, 5.41) is 0. The molecule has 0 atom stereocenters. The Morgan fingerprint density at radius 2 is 1.75 bits per heavy atom. The van der Waals surface area contributed by atoms with Gasteiger partial charge in [0.15, 0.2) is 0 Å². The van der Waals surface area contributed by atoms with Gasteiger partial charge in [-0.2, -0.15) is 0 Å². The normalized spacial score (nSPS) is 9.95. The van der Waals surface area contributed by atoms with Crippen LogP contribution in [0.1, 0.15) is 42.0 Å². The minimum absolute atomic E-state index is 1.07. The Morgan fingerprint density at radius 3 is 2.45 bits per heavy atom. The van der Waals surface area contributed by atoms with E-state index >= 15 is 0 Å². The molecule has 0 unspecified atom stereocenters. The molecular weight excluding hydrogens is 308 g/mol. The highest BCUT2D eigenvalue weighted by molar-refractivity contribution is 9.10. The van der Waals surface area contributed by atoms with Crippen LogP contribution in [0.5, 0.6) is 0 Å². The Balaban J connectivity index is 2.14. The zero-order valence-electron chi connectivity index (χ0n) is 12.0. The lowest BCUT2D eigenvalue weighted by molar-refractivity contribution is 0.795. The van der Waals surface area contributed by atoms with Gasteiger partial charge in [0.05, 0.1) is 0 Å². The average molecular weight is 327 g/mol. The monoisotopic (exact) mass is 326 g/mol. The number of benzene rings is 2. The van der Waals surface area contributed by atoms with Gasteiger partial charge < -0.3 is 0 Å². The molecule has 2 rings (SSSR count). The fourth-order valence-electron chi connectivity index (χ4n) is 2.02. The number of halogens is 1. The van der Waals surface area contributed by atoms with Crippen LogP contribution in [0.25, 0.3) is 0 Å². The highest BCUT2D eigenvalue weighted by Gasteiger charge is 1.98. The van der Waals surface area contributed by atoms with E-state index < -0.39 is 0 Å². The SMILES string of the molecule is CCCCc1ccc(C#Cc2cccc(Br)c2C)cc1. The van der Waals surface area contributed by atoms with Crippen molar-refractivity contribution in [3.63, 3.8) is 0 Å². The second kappa shape index (κ2) is 7.31. The van der Waals surface area contributed by atoms with Gasteiger partial charge in [0, 0.05) is 15.6 Å². The smallest absolute Gasteiger partial charge is 0.0289 e. The van der Waals surface area contributed by atoms with Gasteiger partial charge in [0.1, 0.15) is 0 Å². The first kappa shape index (κ1) is 14.9. The third kappa shape index (κ3) is 3.99. The van der Waals surface area contributed by atoms with Gasteiger partial charge in [-0.3, -0.25) is 0 Å². The van der Waals surface area contributed by atoms with E-state index in [1.54, 1.807) is 0 Å². The number of aryl methyl sites for hydroxylation is 1. The van der Waals surface area contributed by atoms with E-state index in [2.05, 4.69) is 72.0 Å². The van der Waals surface area contributed by atoms with Crippen LogP contribution in [0, 0.1) is 18.8 Å². The van der Waals surface area contributed by atoms with E-state index in [0.29, 0.717) is 0 Å². The first-order chi connectivity index (χ1) is 9.70. The highest BCUT2D eigenvalue weighted by atomic mass is 79.9. The summed E-state index contributed by atoms with van der Waals surface area (Å²) < 4.78 is 1.11. The van der Waals surface area contributed by atoms with Crippen molar-refractivity contribution >= 4 is 15.9 Å². The van der Waals surface area contributed by atoms with Crippen molar-refractivity contribution in [1.82, 2.24) is 0 Å². The van der Waals surface area contributed by atoms with Crippen LogP contribution < -0.4 is 0 Å². The van der Waals surface area contributed by atoms with Crippen molar-refractivity contribution in [3.8, 4) is 11.8 Å². The van der Waals surface area contributed by atoms with Gasteiger partial charge in [-0.25, -0.2) is 0 Å². The standard InChI is InChI=1S/C19H19Br/c1-3-4-6-16-9-11-17(12-10-16)13-14-18-7-5-8-19(20)15(18)2/h5,7-12H,3-4,6H2,1-2H3. The van der Waals surface area contributed by atoms with Gasteiger partial charge >= 0.3 is 0 Å². The van der Waals surface area contributed by atoms with Crippen LogP contribution in [0.2, 0.25) is 0 Å². The van der Waals surface area contributed by atoms with E-state index in [-0.39, 0.29) is 0 Å². The van der Waals surface area contributed by atoms with Gasteiger partial charge in [-0.15, -0.1) is 0 Å². The maximum atomic E-state index is 3.54. The maximum Gasteiger partial charge on any atom is 0.0289 e. The van der Waals surface area contributed by atoms with Gasteiger partial charge in [0.2, 0.25) is 0 Å². The Labute approximate surface area is 130 Å². The number of hydrogen-bond donors (Lipinski definition) is 0. The molecule has 0 amide bonds. The van der Waals surface area contributed by atoms with Crippen LogP contribution in [-0.4, -0.2) is 0 Å². The fraction of sp³-hybridized carbons (Fsp3) is 0.263. The van der Waals surface area contributed by atoms with E-state index in [9.17, 15) is 0 Å². The molecule has 0 aliphatic carbocycles. The van der Waals surface area contributed by atoms with Crippen molar-refractivity contribution in [3.05, 3.63) is 69.2 Å². The van der Waals surface area contributed by atoms with E-state index in [0.717, 1.165) is 22.0 Å². The molecule has 0 saturated carbocycles. The maximum absolute atomic E-state index is 3.54. The third-order valence-corrected chi connectivity index (χ3v) is 4.24. The molecule has 0 saturated heterocycles. The largest absolute Gasteiger partial charge is 0.0654 e. The summed E-state index contributed by atoms with van der Waals surface area (Å²) in [7, 11) is 0. The van der Waals surface area contributed by atoms with Crippen molar-refractivity contribution in [2.24, 2.45) is 0 Å². The number of unbranched alkanes of at least 4 members (excludes halogenated alkanes) is 1. The molecule has 0 radical (unpaired) electrons. The molecule has 102 valence electrons. The second-order valence-corrected chi connectivity index (χ2v) is 5.82. The molecule has 0 aromatic heterocycles. The number of hydrogen-bond acceptors (Lipinski definition) is 0. The van der Waals surface area contributed by atoms with Crippen LogP contribution in [0.15, 0.2) is 46.9 Å². The van der Waals surface area contributed by atoms with E-state index in [1.807, 2.05) is 12.1 Å². The summed E-state index contributed by atoms with van der Waals surface area (Å²) in [4.78, 5) is 0. The van der Waals surface area contributed by atoms with Crippen LogP contribution in [0.3, 0.4) is 0 Å². The fourth-order valence-corrected chi connectivity index (χ4v) is 2.38. The number of rotatable bonds is 3. The Bertz CT molecular complexity index is 627. The molecule has 0 spiro atoms. The van der Waals surface area contributed by atoms with E-state index in [1.165, 1.54) is 24.0 Å². The van der Waals surface area contributed by atoms with Crippen LogP contribution in [-0.2, 0) is 6.42 Å². The Morgan fingerprint density at radius 1 is 1.00 bits per heavy atom. The van der Waals surface area contributed by atoms with Crippen LogP contribution >= 0.6 is 15.9 Å². The molecule has 0 nitrogen and oxygen atoms in total. The summed E-state index contributed by atoms with van der Waals surface area (Å²) in [6.45, 7) is 4.31. The summed E-state index contributed by atoms with van der Waals surface area (Å²) in [5.74, 6) is 6.49. The predicted octanol–water partition coefficient (Wildman–Crippen LogP) is 5.50. The molecule has 2 aromatic carbocycles. The molecule has 1 heteroatoms. The first-order valence-electron chi connectivity index (χ1n) is 7.07.